The molecule has 0 spiro atoms. The topological polar surface area (TPSA) is 15.3 Å². The maximum Gasteiger partial charge on any atom is 0.125 e. The average Bonchev–Trinajstić information content (AvgIpc) is 2.94. The molecule has 2 nitrogen and oxygen atoms in total. The van der Waals surface area contributed by atoms with E-state index in [0.29, 0.717) is 18.0 Å². The summed E-state index contributed by atoms with van der Waals surface area (Å²) >= 11 is 0. The van der Waals surface area contributed by atoms with Crippen LogP contribution in [0.4, 0.5) is 5.69 Å². The number of nitrogens with zero attached hydrogens (tertiary/aromatic N) is 1. The van der Waals surface area contributed by atoms with Gasteiger partial charge in [0.05, 0.1) is 0 Å². The highest BCUT2D eigenvalue weighted by molar-refractivity contribution is 5.57. The Hall–Kier alpha value is -1.80. The lowest BCUT2D eigenvalue weighted by atomic mass is 9.82. The van der Waals surface area contributed by atoms with E-state index in [4.69, 9.17) is 1.41 Å². The molecule has 2 aromatic rings. The van der Waals surface area contributed by atoms with Gasteiger partial charge in [-0.1, -0.05) is 67.8 Å². The number of para-hydroxylation sites is 1. The number of hydrogen-bond donors (Lipinski definition) is 1. The molecule has 3 atom stereocenters. The molecule has 1 aliphatic heterocycles. The molecule has 2 aliphatic rings. The molecular weight excluding hydrogens is 304 g/mol. The summed E-state index contributed by atoms with van der Waals surface area (Å²) < 4.78 is 9.09. The predicted molar refractivity (Wildman–Crippen MR) is 106 cm³/mol. The van der Waals surface area contributed by atoms with Gasteiger partial charge in [0, 0.05) is 17.8 Å². The third-order valence-corrected chi connectivity index (χ3v) is 6.13. The molecule has 1 aliphatic carbocycles. The normalized spacial score (nSPS) is 29.0. The fourth-order valence-corrected chi connectivity index (χ4v) is 4.81. The van der Waals surface area contributed by atoms with Crippen LogP contribution < -0.4 is 10.2 Å². The number of anilines is 1. The Bertz CT molecular complexity index is 726. The lowest BCUT2D eigenvalue weighted by Gasteiger charge is -2.34. The number of rotatable bonds is 3. The van der Waals surface area contributed by atoms with Gasteiger partial charge in [-0.25, -0.2) is 0 Å². The third kappa shape index (κ3) is 3.20. The highest BCUT2D eigenvalue weighted by Gasteiger charge is 2.42. The van der Waals surface area contributed by atoms with Gasteiger partial charge in [0.1, 0.15) is 7.58 Å². The van der Waals surface area contributed by atoms with E-state index < -0.39 is 0 Å². The summed E-state index contributed by atoms with van der Waals surface area (Å²) in [7, 11) is 0. The van der Waals surface area contributed by atoms with Crippen LogP contribution in [0.25, 0.3) is 0 Å². The molecule has 0 amide bonds. The summed E-state index contributed by atoms with van der Waals surface area (Å²) in [6.07, 6.45) is 6.53. The first kappa shape index (κ1) is 15.5. The molecule has 25 heavy (non-hydrogen) atoms. The van der Waals surface area contributed by atoms with Crippen LogP contribution in [-0.4, -0.2) is 12.1 Å². The Balaban J connectivity index is 1.76. The van der Waals surface area contributed by atoms with Crippen LogP contribution in [0.1, 0.15) is 56.3 Å². The van der Waals surface area contributed by atoms with Crippen molar-refractivity contribution < 1.29 is 1.41 Å². The third-order valence-electron chi connectivity index (χ3n) is 6.13. The van der Waals surface area contributed by atoms with E-state index >= 15 is 0 Å². The summed E-state index contributed by atoms with van der Waals surface area (Å²) in [6.45, 7) is 4.52. The standard InChI is InChI=1S/C23H30N2/c1-17-11-9-10-16-21(17)25-18(2)22(19-12-5-3-6-13-19)24-23(25)20-14-7-4-8-15-20/h4,7-11,14-16,18-19,22-24H,3,5-6,12-13H2,1-2H3/t18-,22?,23?/m0/s1/i/hD. The fraction of sp³-hybridized carbons (Fsp3) is 0.478. The Labute approximate surface area is 153 Å². The summed E-state index contributed by atoms with van der Waals surface area (Å²) in [5, 5.41) is 1.92. The van der Waals surface area contributed by atoms with E-state index in [1.54, 1.807) is 0 Å². The van der Waals surface area contributed by atoms with Crippen molar-refractivity contribution in [3.8, 4) is 0 Å². The number of benzene rings is 2. The van der Waals surface area contributed by atoms with Gasteiger partial charge in [-0.15, -0.1) is 0 Å². The van der Waals surface area contributed by atoms with Gasteiger partial charge in [0.2, 0.25) is 0 Å². The summed E-state index contributed by atoms with van der Waals surface area (Å²) in [5.41, 5.74) is 3.78. The average molecular weight is 336 g/mol. The van der Waals surface area contributed by atoms with E-state index in [-0.39, 0.29) is 6.17 Å². The lowest BCUT2D eigenvalue weighted by molar-refractivity contribution is 0.272. The highest BCUT2D eigenvalue weighted by Crippen LogP contribution is 2.40. The van der Waals surface area contributed by atoms with Crippen molar-refractivity contribution in [3.63, 3.8) is 0 Å². The van der Waals surface area contributed by atoms with Crippen LogP contribution in [0.2, 0.25) is 1.41 Å². The molecule has 1 heterocycles. The van der Waals surface area contributed by atoms with Crippen LogP contribution >= 0.6 is 0 Å². The van der Waals surface area contributed by atoms with Crippen LogP contribution in [0, 0.1) is 12.8 Å². The first-order chi connectivity index (χ1) is 12.7. The molecule has 1 saturated heterocycles. The van der Waals surface area contributed by atoms with E-state index in [1.807, 2.05) is 5.31 Å². The van der Waals surface area contributed by atoms with Crippen LogP contribution in [0.3, 0.4) is 0 Å². The van der Waals surface area contributed by atoms with Crippen molar-refractivity contribution in [3.05, 3.63) is 65.7 Å². The van der Waals surface area contributed by atoms with Crippen molar-refractivity contribution >= 4 is 5.69 Å². The summed E-state index contributed by atoms with van der Waals surface area (Å²) in [4.78, 5) is 2.50. The van der Waals surface area contributed by atoms with Gasteiger partial charge in [0.25, 0.3) is 0 Å². The van der Waals surface area contributed by atoms with E-state index in [2.05, 4.69) is 73.3 Å². The smallest absolute Gasteiger partial charge is 0.125 e. The van der Waals surface area contributed by atoms with Gasteiger partial charge in [-0.2, -0.15) is 0 Å². The second-order valence-corrected chi connectivity index (χ2v) is 7.76. The molecule has 2 fully saturated rings. The van der Waals surface area contributed by atoms with E-state index in [0.717, 1.165) is 0 Å². The molecule has 1 saturated carbocycles. The highest BCUT2D eigenvalue weighted by atomic mass is 15.4. The zero-order valence-electron chi connectivity index (χ0n) is 16.4. The SMILES string of the molecule is [2H]N1C(C2CCCCC2)[C@H](C)N(c2ccccc2C)C1c1ccccc1. The fourth-order valence-electron chi connectivity index (χ4n) is 4.81. The van der Waals surface area contributed by atoms with Gasteiger partial charge < -0.3 is 4.90 Å². The Morgan fingerprint density at radius 3 is 2.36 bits per heavy atom. The monoisotopic (exact) mass is 335 g/mol. The Morgan fingerprint density at radius 1 is 0.960 bits per heavy atom. The zero-order valence-corrected chi connectivity index (χ0v) is 15.4. The number of hydrogen-bond acceptors (Lipinski definition) is 2. The minimum atomic E-state index is -0.0146. The molecule has 2 heteroatoms. The minimum Gasteiger partial charge on any atom is -0.347 e. The minimum absolute atomic E-state index is 0.0146. The van der Waals surface area contributed by atoms with Crippen molar-refractivity contribution in [2.45, 2.75) is 64.2 Å². The Morgan fingerprint density at radius 2 is 1.64 bits per heavy atom. The maximum atomic E-state index is 9.09. The zero-order chi connectivity index (χ0) is 18.1. The second kappa shape index (κ2) is 7.21. The molecule has 2 unspecified atom stereocenters. The van der Waals surface area contributed by atoms with Crippen LogP contribution in [-0.2, 0) is 0 Å². The molecule has 0 aromatic heterocycles. The van der Waals surface area contributed by atoms with Crippen LogP contribution in [0.5, 0.6) is 0 Å². The van der Waals surface area contributed by atoms with Gasteiger partial charge in [-0.05, 0) is 49.8 Å². The van der Waals surface area contributed by atoms with Crippen molar-refractivity contribution in [2.24, 2.45) is 5.92 Å². The molecule has 0 radical (unpaired) electrons. The molecule has 4 rings (SSSR count). The number of nitrogens with one attached hydrogen (secondary N) is 1. The van der Waals surface area contributed by atoms with Gasteiger partial charge in [-0.3, -0.25) is 5.31 Å². The van der Waals surface area contributed by atoms with E-state index in [9.17, 15) is 0 Å². The second-order valence-electron chi connectivity index (χ2n) is 7.76. The quantitative estimate of drug-likeness (QED) is 0.803. The molecule has 1 N–H and O–H groups in total. The molecule has 0 bridgehead atoms. The van der Waals surface area contributed by atoms with Crippen LogP contribution in [0.15, 0.2) is 54.6 Å². The summed E-state index contributed by atoms with van der Waals surface area (Å²) in [6, 6.07) is 19.9. The molecule has 2 aromatic carbocycles. The van der Waals surface area contributed by atoms with E-state index in [1.165, 1.54) is 48.9 Å². The van der Waals surface area contributed by atoms with Crippen molar-refractivity contribution in [2.75, 3.05) is 4.90 Å². The van der Waals surface area contributed by atoms with Crippen molar-refractivity contribution in [1.82, 2.24) is 5.31 Å². The first-order valence-corrected chi connectivity index (χ1v) is 9.84. The predicted octanol–water partition coefficient (Wildman–Crippen LogP) is 5.44. The first-order valence-electron chi connectivity index (χ1n) is 10.3. The largest absolute Gasteiger partial charge is 0.347 e. The van der Waals surface area contributed by atoms with Crippen molar-refractivity contribution in [1.29, 1.82) is 0 Å². The Kier molecular flexibility index (Phi) is 4.46. The van der Waals surface area contributed by atoms with Gasteiger partial charge in [0.15, 0.2) is 0 Å². The molecular formula is C23H30N2. The molecule has 132 valence electrons. The number of aryl methyl sites for hydroxylation is 1. The summed E-state index contributed by atoms with van der Waals surface area (Å²) in [5.74, 6) is 0.636. The maximum absolute atomic E-state index is 9.09. The lowest BCUT2D eigenvalue weighted by Crippen LogP contribution is -2.40. The van der Waals surface area contributed by atoms with Gasteiger partial charge >= 0.3 is 0 Å².